The molecule has 1 aromatic carbocycles. The molecule has 1 amide bonds. The number of imidazole rings is 1. The van der Waals surface area contributed by atoms with Crippen LogP contribution in [0.2, 0.25) is 0 Å². The normalized spacial score (nSPS) is 10.7. The van der Waals surface area contributed by atoms with Gasteiger partial charge in [0.2, 0.25) is 0 Å². The first-order chi connectivity index (χ1) is 11.7. The Morgan fingerprint density at radius 3 is 2.71 bits per heavy atom. The molecule has 0 unspecified atom stereocenters. The molecule has 0 saturated heterocycles. The summed E-state index contributed by atoms with van der Waals surface area (Å²) in [5.74, 6) is 0.946. The minimum Gasteiger partial charge on any atom is -0.352 e. The highest BCUT2D eigenvalue weighted by Gasteiger charge is 2.06. The molecule has 0 fully saturated rings. The molecule has 3 rings (SSSR count). The van der Waals surface area contributed by atoms with Crippen molar-refractivity contribution in [3.05, 3.63) is 66.0 Å². The van der Waals surface area contributed by atoms with Crippen LogP contribution in [0.1, 0.15) is 34.7 Å². The summed E-state index contributed by atoms with van der Waals surface area (Å²) >= 11 is 0. The van der Waals surface area contributed by atoms with Crippen LogP contribution < -0.4 is 5.32 Å². The van der Waals surface area contributed by atoms with Gasteiger partial charge in [-0.3, -0.25) is 4.79 Å². The van der Waals surface area contributed by atoms with Gasteiger partial charge in [-0.25, -0.2) is 9.67 Å². The number of rotatable bonds is 7. The van der Waals surface area contributed by atoms with E-state index in [0.29, 0.717) is 12.1 Å². The lowest BCUT2D eigenvalue weighted by atomic mass is 10.2. The highest BCUT2D eigenvalue weighted by molar-refractivity contribution is 5.94. The molecule has 0 aliphatic carbocycles. The number of aryl methyl sites for hydroxylation is 2. The number of aromatic nitrogens is 4. The molecule has 2 aromatic heterocycles. The minimum absolute atomic E-state index is 0.0452. The lowest BCUT2D eigenvalue weighted by Gasteiger charge is -2.06. The molecule has 24 heavy (non-hydrogen) atoms. The van der Waals surface area contributed by atoms with Crippen molar-refractivity contribution in [2.75, 3.05) is 6.54 Å². The number of nitrogens with one attached hydrogen (secondary N) is 2. The monoisotopic (exact) mass is 323 g/mol. The van der Waals surface area contributed by atoms with Crippen LogP contribution in [0, 0.1) is 6.92 Å². The largest absolute Gasteiger partial charge is 0.352 e. The van der Waals surface area contributed by atoms with Crippen molar-refractivity contribution in [3.8, 4) is 5.69 Å². The van der Waals surface area contributed by atoms with Crippen LogP contribution in [0.4, 0.5) is 0 Å². The molecule has 0 spiro atoms. The SMILES string of the molecule is Cc1ccn(-c2ccc(C(=O)NCCCCc3ncc[nH]3)cc2)n1. The highest BCUT2D eigenvalue weighted by Crippen LogP contribution is 2.09. The lowest BCUT2D eigenvalue weighted by molar-refractivity contribution is 0.0953. The molecule has 0 radical (unpaired) electrons. The van der Waals surface area contributed by atoms with Gasteiger partial charge in [-0.2, -0.15) is 5.10 Å². The summed E-state index contributed by atoms with van der Waals surface area (Å²) in [6.45, 7) is 2.61. The molecule has 2 N–H and O–H groups in total. The third kappa shape index (κ3) is 4.10. The third-order valence-electron chi connectivity index (χ3n) is 3.80. The van der Waals surface area contributed by atoms with E-state index in [2.05, 4.69) is 20.4 Å². The number of aromatic amines is 1. The number of carbonyl (C=O) groups is 1. The topological polar surface area (TPSA) is 75.6 Å². The number of H-pyrrole nitrogens is 1. The summed E-state index contributed by atoms with van der Waals surface area (Å²) < 4.78 is 1.80. The standard InChI is InChI=1S/C18H21N5O/c1-14-9-13-23(22-14)16-7-5-15(6-8-16)18(24)21-10-3-2-4-17-19-11-12-20-17/h5-9,11-13H,2-4,10H2,1H3,(H,19,20)(H,21,24). The predicted molar refractivity (Wildman–Crippen MR) is 92.2 cm³/mol. The van der Waals surface area contributed by atoms with Crippen molar-refractivity contribution in [3.63, 3.8) is 0 Å². The molecular formula is C18H21N5O. The van der Waals surface area contributed by atoms with Crippen molar-refractivity contribution < 1.29 is 4.79 Å². The van der Waals surface area contributed by atoms with Gasteiger partial charge >= 0.3 is 0 Å². The number of carbonyl (C=O) groups excluding carboxylic acids is 1. The van der Waals surface area contributed by atoms with E-state index in [-0.39, 0.29) is 5.91 Å². The van der Waals surface area contributed by atoms with Crippen LogP contribution in [-0.4, -0.2) is 32.2 Å². The Labute approximate surface area is 140 Å². The van der Waals surface area contributed by atoms with E-state index in [1.807, 2.05) is 49.6 Å². The molecule has 0 bridgehead atoms. The molecule has 0 saturated carbocycles. The number of nitrogens with zero attached hydrogens (tertiary/aromatic N) is 3. The average molecular weight is 323 g/mol. The third-order valence-corrected chi connectivity index (χ3v) is 3.80. The van der Waals surface area contributed by atoms with Gasteiger partial charge in [0, 0.05) is 37.1 Å². The van der Waals surface area contributed by atoms with Gasteiger partial charge in [0.05, 0.1) is 11.4 Å². The summed E-state index contributed by atoms with van der Waals surface area (Å²) in [5, 5.41) is 7.31. The van der Waals surface area contributed by atoms with Crippen LogP contribution >= 0.6 is 0 Å². The van der Waals surface area contributed by atoms with Gasteiger partial charge in [-0.05, 0) is 50.1 Å². The molecule has 6 nitrogen and oxygen atoms in total. The zero-order chi connectivity index (χ0) is 16.8. The number of hydrogen-bond donors (Lipinski definition) is 2. The Morgan fingerprint density at radius 1 is 1.21 bits per heavy atom. The number of benzene rings is 1. The van der Waals surface area contributed by atoms with E-state index >= 15 is 0 Å². The van der Waals surface area contributed by atoms with Gasteiger partial charge in [-0.15, -0.1) is 0 Å². The number of amides is 1. The van der Waals surface area contributed by atoms with Crippen LogP contribution in [0.15, 0.2) is 48.9 Å². The van der Waals surface area contributed by atoms with Crippen molar-refractivity contribution >= 4 is 5.91 Å². The molecule has 0 aliphatic rings. The van der Waals surface area contributed by atoms with Crippen molar-refractivity contribution in [1.82, 2.24) is 25.1 Å². The first-order valence-electron chi connectivity index (χ1n) is 8.11. The Morgan fingerprint density at radius 2 is 2.04 bits per heavy atom. The van der Waals surface area contributed by atoms with E-state index in [1.54, 1.807) is 10.9 Å². The van der Waals surface area contributed by atoms with Gasteiger partial charge < -0.3 is 10.3 Å². The average Bonchev–Trinajstić information content (AvgIpc) is 3.26. The fourth-order valence-corrected chi connectivity index (χ4v) is 2.48. The zero-order valence-electron chi connectivity index (χ0n) is 13.7. The smallest absolute Gasteiger partial charge is 0.251 e. The molecular weight excluding hydrogens is 302 g/mol. The van der Waals surface area contributed by atoms with Gasteiger partial charge in [0.15, 0.2) is 0 Å². The van der Waals surface area contributed by atoms with Crippen molar-refractivity contribution in [2.24, 2.45) is 0 Å². The second-order valence-corrected chi connectivity index (χ2v) is 5.70. The first kappa shape index (κ1) is 16.0. The Kier molecular flexibility index (Phi) is 5.05. The minimum atomic E-state index is -0.0452. The molecule has 0 aliphatic heterocycles. The van der Waals surface area contributed by atoms with Crippen LogP contribution in [-0.2, 0) is 6.42 Å². The fourth-order valence-electron chi connectivity index (χ4n) is 2.48. The summed E-state index contributed by atoms with van der Waals surface area (Å²) in [4.78, 5) is 19.4. The first-order valence-corrected chi connectivity index (χ1v) is 8.11. The van der Waals surface area contributed by atoms with E-state index in [1.165, 1.54) is 0 Å². The summed E-state index contributed by atoms with van der Waals surface area (Å²) in [7, 11) is 0. The Balaban J connectivity index is 1.45. The molecule has 2 heterocycles. The summed E-state index contributed by atoms with van der Waals surface area (Å²) in [6, 6.07) is 9.40. The second-order valence-electron chi connectivity index (χ2n) is 5.70. The van der Waals surface area contributed by atoms with Gasteiger partial charge in [0.1, 0.15) is 5.82 Å². The molecule has 124 valence electrons. The van der Waals surface area contributed by atoms with E-state index in [0.717, 1.165) is 36.5 Å². The quantitative estimate of drug-likeness (QED) is 0.656. The maximum Gasteiger partial charge on any atom is 0.251 e. The van der Waals surface area contributed by atoms with E-state index in [4.69, 9.17) is 0 Å². The molecule has 0 atom stereocenters. The van der Waals surface area contributed by atoms with E-state index < -0.39 is 0 Å². The second kappa shape index (κ2) is 7.59. The van der Waals surface area contributed by atoms with Crippen LogP contribution in [0.25, 0.3) is 5.69 Å². The highest BCUT2D eigenvalue weighted by atomic mass is 16.1. The van der Waals surface area contributed by atoms with Crippen molar-refractivity contribution in [2.45, 2.75) is 26.2 Å². The van der Waals surface area contributed by atoms with Gasteiger partial charge in [-0.1, -0.05) is 0 Å². The summed E-state index contributed by atoms with van der Waals surface area (Å²) in [6.07, 6.45) is 8.31. The zero-order valence-corrected chi connectivity index (χ0v) is 13.7. The molecule has 3 aromatic rings. The number of hydrogen-bond acceptors (Lipinski definition) is 3. The Hall–Kier alpha value is -2.89. The fraction of sp³-hybridized carbons (Fsp3) is 0.278. The maximum absolute atomic E-state index is 12.1. The Bertz CT molecular complexity index is 774. The van der Waals surface area contributed by atoms with Crippen LogP contribution in [0.3, 0.4) is 0 Å². The van der Waals surface area contributed by atoms with Crippen LogP contribution in [0.5, 0.6) is 0 Å². The number of unbranched alkanes of at least 4 members (excludes halogenated alkanes) is 1. The maximum atomic E-state index is 12.1. The predicted octanol–water partition coefficient (Wildman–Crippen LogP) is 2.66. The molecule has 6 heteroatoms. The van der Waals surface area contributed by atoms with Gasteiger partial charge in [0.25, 0.3) is 5.91 Å². The summed E-state index contributed by atoms with van der Waals surface area (Å²) in [5.41, 5.74) is 2.57. The lowest BCUT2D eigenvalue weighted by Crippen LogP contribution is -2.24. The van der Waals surface area contributed by atoms with E-state index in [9.17, 15) is 4.79 Å². The van der Waals surface area contributed by atoms with Crippen molar-refractivity contribution in [1.29, 1.82) is 0 Å².